The van der Waals surface area contributed by atoms with Crippen molar-refractivity contribution in [3.63, 3.8) is 0 Å². The van der Waals surface area contributed by atoms with Gasteiger partial charge in [-0.1, -0.05) is 0 Å². The normalized spacial score (nSPS) is 11.0. The van der Waals surface area contributed by atoms with Gasteiger partial charge in [-0.3, -0.25) is 4.79 Å². The monoisotopic (exact) mass is 381 g/mol. The van der Waals surface area contributed by atoms with E-state index in [-0.39, 0.29) is 5.91 Å². The van der Waals surface area contributed by atoms with Gasteiger partial charge in [-0.05, 0) is 40.5 Å². The van der Waals surface area contributed by atoms with Crippen molar-refractivity contribution in [3.05, 3.63) is 43.5 Å². The number of aryl methyl sites for hydroxylation is 1. The van der Waals surface area contributed by atoms with Gasteiger partial charge in [0, 0.05) is 26.3 Å². The first-order chi connectivity index (χ1) is 10.1. The summed E-state index contributed by atoms with van der Waals surface area (Å²) in [5.41, 5.74) is 7.67. The van der Waals surface area contributed by atoms with E-state index in [2.05, 4.69) is 26.2 Å². The summed E-state index contributed by atoms with van der Waals surface area (Å²) in [6.07, 6.45) is 1.73. The number of carbonyl (C=O) groups is 1. The highest BCUT2D eigenvalue weighted by Crippen LogP contribution is 2.34. The fraction of sp³-hybridized carbons (Fsp3) is 0.143. The zero-order chi connectivity index (χ0) is 15.0. The average molecular weight is 382 g/mol. The molecule has 0 spiro atoms. The second-order valence-corrected chi connectivity index (χ2v) is 7.48. The van der Waals surface area contributed by atoms with E-state index in [9.17, 15) is 4.79 Å². The summed E-state index contributed by atoms with van der Waals surface area (Å²) >= 11 is 6.33. The van der Waals surface area contributed by atoms with Gasteiger partial charge in [0.15, 0.2) is 0 Å². The fourth-order valence-electron chi connectivity index (χ4n) is 2.07. The molecule has 0 atom stereocenters. The number of fused-ring (bicyclic) bond motifs is 1. The van der Waals surface area contributed by atoms with Crippen LogP contribution in [-0.2, 0) is 6.54 Å². The number of carbonyl (C=O) groups excluding carboxylic acids is 1. The molecule has 0 radical (unpaired) electrons. The Morgan fingerprint density at radius 2 is 2.33 bits per heavy atom. The van der Waals surface area contributed by atoms with E-state index in [0.29, 0.717) is 17.1 Å². The van der Waals surface area contributed by atoms with Gasteiger partial charge in [-0.2, -0.15) is 0 Å². The SMILES string of the molecule is Cc1ccnc2sc(C(=O)NCc3cc(Br)cs3)c(N)c12. The number of nitrogens with one attached hydrogen (secondary N) is 1. The minimum absolute atomic E-state index is 0.153. The van der Waals surface area contributed by atoms with Crippen molar-refractivity contribution in [2.45, 2.75) is 13.5 Å². The highest BCUT2D eigenvalue weighted by atomic mass is 79.9. The molecule has 21 heavy (non-hydrogen) atoms. The van der Waals surface area contributed by atoms with Gasteiger partial charge in [0.05, 0.1) is 12.2 Å². The van der Waals surface area contributed by atoms with Crippen molar-refractivity contribution in [1.29, 1.82) is 0 Å². The molecular weight excluding hydrogens is 370 g/mol. The Bertz CT molecular complexity index is 825. The predicted molar refractivity (Wildman–Crippen MR) is 92.0 cm³/mol. The number of nitrogen functional groups attached to an aromatic ring is 1. The second-order valence-electron chi connectivity index (χ2n) is 4.57. The van der Waals surface area contributed by atoms with Crippen molar-refractivity contribution in [2.75, 3.05) is 5.73 Å². The van der Waals surface area contributed by atoms with Crippen molar-refractivity contribution in [1.82, 2.24) is 10.3 Å². The molecule has 3 aromatic rings. The number of aromatic nitrogens is 1. The molecule has 3 aromatic heterocycles. The molecule has 0 aliphatic carbocycles. The molecule has 0 aliphatic rings. The molecule has 0 aromatic carbocycles. The summed E-state index contributed by atoms with van der Waals surface area (Å²) in [6, 6.07) is 3.89. The van der Waals surface area contributed by atoms with E-state index in [0.717, 1.165) is 25.1 Å². The van der Waals surface area contributed by atoms with E-state index in [1.165, 1.54) is 11.3 Å². The molecule has 0 saturated heterocycles. The van der Waals surface area contributed by atoms with Gasteiger partial charge < -0.3 is 11.1 Å². The molecule has 3 N–H and O–H groups in total. The minimum atomic E-state index is -0.153. The standard InChI is InChI=1S/C14H12BrN3OS2/c1-7-2-3-17-14-10(7)11(16)12(21-14)13(19)18-5-9-4-8(15)6-20-9/h2-4,6H,5,16H2,1H3,(H,18,19). The number of halogens is 1. The maximum Gasteiger partial charge on any atom is 0.263 e. The Kier molecular flexibility index (Phi) is 3.97. The lowest BCUT2D eigenvalue weighted by atomic mass is 10.2. The first kappa shape index (κ1) is 14.5. The number of thiophene rings is 2. The first-order valence-electron chi connectivity index (χ1n) is 6.21. The molecule has 108 valence electrons. The number of anilines is 1. The number of amides is 1. The van der Waals surface area contributed by atoms with Crippen LogP contribution in [0.25, 0.3) is 10.2 Å². The lowest BCUT2D eigenvalue weighted by molar-refractivity contribution is 0.0956. The molecular formula is C14H12BrN3OS2. The van der Waals surface area contributed by atoms with Crippen LogP contribution in [0, 0.1) is 6.92 Å². The fourth-order valence-corrected chi connectivity index (χ4v) is 4.51. The first-order valence-corrected chi connectivity index (χ1v) is 8.70. The smallest absolute Gasteiger partial charge is 0.263 e. The van der Waals surface area contributed by atoms with Crippen LogP contribution in [0.2, 0.25) is 0 Å². The summed E-state index contributed by atoms with van der Waals surface area (Å²) < 4.78 is 1.03. The largest absolute Gasteiger partial charge is 0.397 e. The Morgan fingerprint density at radius 3 is 3.00 bits per heavy atom. The topological polar surface area (TPSA) is 68.0 Å². The third-order valence-electron chi connectivity index (χ3n) is 3.09. The molecule has 0 aliphatic heterocycles. The van der Waals surface area contributed by atoms with E-state index < -0.39 is 0 Å². The molecule has 0 fully saturated rings. The average Bonchev–Trinajstić information content (AvgIpc) is 3.01. The van der Waals surface area contributed by atoms with Crippen LogP contribution in [-0.4, -0.2) is 10.9 Å². The number of pyridine rings is 1. The molecule has 0 unspecified atom stereocenters. The molecule has 7 heteroatoms. The van der Waals surface area contributed by atoms with Gasteiger partial charge in [-0.15, -0.1) is 22.7 Å². The number of nitrogens with zero attached hydrogens (tertiary/aromatic N) is 1. The van der Waals surface area contributed by atoms with Crippen molar-refractivity contribution in [2.24, 2.45) is 0 Å². The summed E-state index contributed by atoms with van der Waals surface area (Å²) in [6.45, 7) is 2.47. The number of nitrogens with two attached hydrogens (primary N) is 1. The van der Waals surface area contributed by atoms with E-state index in [4.69, 9.17) is 5.73 Å². The minimum Gasteiger partial charge on any atom is -0.397 e. The summed E-state index contributed by atoms with van der Waals surface area (Å²) in [4.78, 5) is 19.0. The highest BCUT2D eigenvalue weighted by Gasteiger charge is 2.18. The van der Waals surface area contributed by atoms with E-state index in [1.54, 1.807) is 17.5 Å². The van der Waals surface area contributed by atoms with Crippen LogP contribution in [0.1, 0.15) is 20.1 Å². The molecule has 1 amide bonds. The third-order valence-corrected chi connectivity index (χ3v) is 5.90. The van der Waals surface area contributed by atoms with Crippen LogP contribution in [0.15, 0.2) is 28.2 Å². The van der Waals surface area contributed by atoms with Gasteiger partial charge in [0.2, 0.25) is 0 Å². The molecule has 3 rings (SSSR count). The predicted octanol–water partition coefficient (Wildman–Crippen LogP) is 3.94. The second kappa shape index (κ2) is 5.75. The van der Waals surface area contributed by atoms with Crippen molar-refractivity contribution < 1.29 is 4.79 Å². The third kappa shape index (κ3) is 2.81. The van der Waals surface area contributed by atoms with Crippen LogP contribution >= 0.6 is 38.6 Å². The van der Waals surface area contributed by atoms with Crippen molar-refractivity contribution in [3.8, 4) is 0 Å². The quantitative estimate of drug-likeness (QED) is 0.721. The van der Waals surface area contributed by atoms with E-state index >= 15 is 0 Å². The Balaban J connectivity index is 1.84. The molecule has 0 bridgehead atoms. The van der Waals surface area contributed by atoms with Crippen LogP contribution in [0.3, 0.4) is 0 Å². The van der Waals surface area contributed by atoms with Gasteiger partial charge in [0.1, 0.15) is 9.71 Å². The van der Waals surface area contributed by atoms with Crippen molar-refractivity contribution >= 4 is 60.4 Å². The maximum absolute atomic E-state index is 12.3. The number of hydrogen-bond acceptors (Lipinski definition) is 5. The number of rotatable bonds is 3. The maximum atomic E-state index is 12.3. The summed E-state index contributed by atoms with van der Waals surface area (Å²) in [7, 11) is 0. The number of hydrogen-bond donors (Lipinski definition) is 2. The summed E-state index contributed by atoms with van der Waals surface area (Å²) in [5, 5.41) is 5.77. The Morgan fingerprint density at radius 1 is 1.52 bits per heavy atom. The Hall–Kier alpha value is -1.44. The van der Waals surface area contributed by atoms with Gasteiger partial charge in [-0.25, -0.2) is 4.98 Å². The van der Waals surface area contributed by atoms with Crippen LogP contribution < -0.4 is 11.1 Å². The van der Waals surface area contributed by atoms with E-state index in [1.807, 2.05) is 24.4 Å². The highest BCUT2D eigenvalue weighted by molar-refractivity contribution is 9.10. The zero-order valence-electron chi connectivity index (χ0n) is 11.1. The Labute approximate surface area is 138 Å². The summed E-state index contributed by atoms with van der Waals surface area (Å²) in [5.74, 6) is -0.153. The molecule has 0 saturated carbocycles. The van der Waals surface area contributed by atoms with Gasteiger partial charge >= 0.3 is 0 Å². The molecule has 3 heterocycles. The molecule has 4 nitrogen and oxygen atoms in total. The van der Waals surface area contributed by atoms with Crippen LogP contribution in [0.4, 0.5) is 5.69 Å². The lowest BCUT2D eigenvalue weighted by Crippen LogP contribution is -2.22. The zero-order valence-corrected chi connectivity index (χ0v) is 14.4. The van der Waals surface area contributed by atoms with Gasteiger partial charge in [0.25, 0.3) is 5.91 Å². The van der Waals surface area contributed by atoms with Crippen LogP contribution in [0.5, 0.6) is 0 Å². The lowest BCUT2D eigenvalue weighted by Gasteiger charge is -2.02.